The van der Waals surface area contributed by atoms with Crippen molar-refractivity contribution >= 4 is 0 Å². The van der Waals surface area contributed by atoms with Crippen LogP contribution in [0.25, 0.3) is 0 Å². The maximum Gasteiger partial charge on any atom is 0.0782 e. The zero-order valence-corrected chi connectivity index (χ0v) is 25.3. The number of unbranched alkanes of at least 4 members (excludes halogenated alkanes) is 19. The summed E-state index contributed by atoms with van der Waals surface area (Å²) in [5.74, 6) is 0. The Hall–Kier alpha value is -0.0800. The molecule has 0 aromatic carbocycles. The summed E-state index contributed by atoms with van der Waals surface area (Å²) in [4.78, 5) is 0. The van der Waals surface area contributed by atoms with Crippen LogP contribution in [0.2, 0.25) is 0 Å². The van der Waals surface area contributed by atoms with Crippen molar-refractivity contribution in [3.8, 4) is 0 Å². The zero-order chi connectivity index (χ0) is 25.4. The summed E-state index contributed by atoms with van der Waals surface area (Å²) >= 11 is 0. The van der Waals surface area contributed by atoms with Crippen LogP contribution in [-0.4, -0.2) is 63.3 Å². The Labute approximate surface area is 218 Å². The molecule has 0 saturated heterocycles. The quantitative estimate of drug-likeness (QED) is 0.0807. The van der Waals surface area contributed by atoms with Crippen molar-refractivity contribution in [2.75, 3.05) is 54.4 Å². The van der Waals surface area contributed by atoms with Crippen LogP contribution in [0.15, 0.2) is 0 Å². The Kier molecular flexibility index (Phi) is 23.3. The van der Waals surface area contributed by atoms with Gasteiger partial charge in [0.1, 0.15) is 0 Å². The molecule has 0 aliphatic heterocycles. The highest BCUT2D eigenvalue weighted by Gasteiger charge is 2.15. The minimum atomic E-state index is 1.24. The molecule has 0 aromatic heterocycles. The normalized spacial score (nSPS) is 12.5. The second-order valence-corrected chi connectivity index (χ2v) is 12.8. The minimum absolute atomic E-state index is 1.24. The molecule has 0 amide bonds. The summed E-state index contributed by atoms with van der Waals surface area (Å²) in [5, 5.41) is 0. The molecule has 0 fully saturated rings. The molecule has 34 heavy (non-hydrogen) atoms. The van der Waals surface area contributed by atoms with E-state index in [-0.39, 0.29) is 0 Å². The van der Waals surface area contributed by atoms with Crippen LogP contribution >= 0.6 is 0 Å². The van der Waals surface area contributed by atoms with Gasteiger partial charge in [0.2, 0.25) is 0 Å². The molecule has 0 aliphatic rings. The molecule has 206 valence electrons. The van der Waals surface area contributed by atoms with E-state index in [1.165, 1.54) is 176 Å². The van der Waals surface area contributed by atoms with Crippen molar-refractivity contribution in [1.82, 2.24) is 0 Å². The molecule has 0 atom stereocenters. The lowest BCUT2D eigenvalue weighted by molar-refractivity contribution is -0.890. The first-order chi connectivity index (χ1) is 16.3. The molecule has 0 N–H and O–H groups in total. The van der Waals surface area contributed by atoms with E-state index in [2.05, 4.69) is 42.0 Å². The Morgan fingerprint density at radius 1 is 0.265 bits per heavy atom. The third kappa shape index (κ3) is 25.0. The molecular weight excluding hydrogens is 412 g/mol. The van der Waals surface area contributed by atoms with Gasteiger partial charge >= 0.3 is 0 Å². The number of rotatable bonds is 27. The van der Waals surface area contributed by atoms with Gasteiger partial charge in [0, 0.05) is 0 Å². The maximum atomic E-state index is 2.45. The van der Waals surface area contributed by atoms with Gasteiger partial charge in [-0.25, -0.2) is 0 Å². The molecule has 0 radical (unpaired) electrons. The van der Waals surface area contributed by atoms with Crippen LogP contribution in [0.1, 0.15) is 155 Å². The van der Waals surface area contributed by atoms with E-state index in [1.807, 2.05) is 0 Å². The van der Waals surface area contributed by atoms with Crippen LogP contribution < -0.4 is 0 Å². The molecule has 0 saturated carbocycles. The van der Waals surface area contributed by atoms with Gasteiger partial charge in [-0.05, 0) is 51.4 Å². The molecule has 2 nitrogen and oxygen atoms in total. The first-order valence-electron chi connectivity index (χ1n) is 16.0. The molecule has 0 rings (SSSR count). The molecule has 0 unspecified atom stereocenters. The van der Waals surface area contributed by atoms with E-state index >= 15 is 0 Å². The van der Waals surface area contributed by atoms with Crippen molar-refractivity contribution in [3.63, 3.8) is 0 Å². The topological polar surface area (TPSA) is 0 Å². The zero-order valence-electron chi connectivity index (χ0n) is 25.3. The predicted octanol–water partition coefficient (Wildman–Crippen LogP) is 9.76. The van der Waals surface area contributed by atoms with Gasteiger partial charge in [-0.3, -0.25) is 0 Å². The standard InChI is InChI=1S/C32H70N2/c1-7-9-11-13-15-17-21-25-29-33(3,4)31-27-23-19-20-24-28-32-34(5,6)30-26-22-18-16-14-12-10-8-2/h7-32H2,1-6H3/q+2. The van der Waals surface area contributed by atoms with Gasteiger partial charge in [-0.1, -0.05) is 104 Å². The molecule has 0 bridgehead atoms. The summed E-state index contributed by atoms with van der Waals surface area (Å²) in [5.41, 5.74) is 0. The van der Waals surface area contributed by atoms with Crippen molar-refractivity contribution in [2.45, 2.75) is 155 Å². The molecule has 0 heterocycles. The van der Waals surface area contributed by atoms with Crippen LogP contribution in [0.5, 0.6) is 0 Å². The minimum Gasteiger partial charge on any atom is -0.328 e. The van der Waals surface area contributed by atoms with E-state index in [4.69, 9.17) is 0 Å². The van der Waals surface area contributed by atoms with Gasteiger partial charge in [0.05, 0.1) is 54.4 Å². The fraction of sp³-hybridized carbons (Fsp3) is 1.00. The van der Waals surface area contributed by atoms with E-state index in [0.717, 1.165) is 0 Å². The van der Waals surface area contributed by atoms with Gasteiger partial charge in [0.15, 0.2) is 0 Å². The number of quaternary nitrogens is 2. The Bertz CT molecular complexity index is 364. The highest BCUT2D eigenvalue weighted by Crippen LogP contribution is 2.14. The summed E-state index contributed by atoms with van der Waals surface area (Å²) in [6, 6.07) is 0. The lowest BCUT2D eigenvalue weighted by Gasteiger charge is -2.30. The summed E-state index contributed by atoms with van der Waals surface area (Å²) in [7, 11) is 9.81. The average Bonchev–Trinajstić information content (AvgIpc) is 2.79. The second kappa shape index (κ2) is 23.3. The van der Waals surface area contributed by atoms with E-state index in [0.29, 0.717) is 0 Å². The van der Waals surface area contributed by atoms with Crippen LogP contribution in [-0.2, 0) is 0 Å². The SMILES string of the molecule is CCCCCCCCCC[N+](C)(C)CCCCCCCC[N+](C)(C)CCCCCCCCCC. The third-order valence-corrected chi connectivity index (χ3v) is 8.01. The summed E-state index contributed by atoms with van der Waals surface area (Å²) in [6.45, 7) is 10.1. The summed E-state index contributed by atoms with van der Waals surface area (Å²) < 4.78 is 2.47. The van der Waals surface area contributed by atoms with Crippen molar-refractivity contribution in [1.29, 1.82) is 0 Å². The second-order valence-electron chi connectivity index (χ2n) is 12.8. The lowest BCUT2D eigenvalue weighted by Crippen LogP contribution is -2.41. The van der Waals surface area contributed by atoms with E-state index < -0.39 is 0 Å². The molecule has 0 aromatic rings. The number of hydrogen-bond donors (Lipinski definition) is 0. The first-order valence-corrected chi connectivity index (χ1v) is 16.0. The Morgan fingerprint density at radius 3 is 0.647 bits per heavy atom. The smallest absolute Gasteiger partial charge is 0.0782 e. The number of hydrogen-bond acceptors (Lipinski definition) is 0. The van der Waals surface area contributed by atoms with Gasteiger partial charge < -0.3 is 8.97 Å². The third-order valence-electron chi connectivity index (χ3n) is 8.01. The molecular formula is C32H70N2+2. The Balaban J connectivity index is 3.51. The Morgan fingerprint density at radius 2 is 0.441 bits per heavy atom. The largest absolute Gasteiger partial charge is 0.328 e. The van der Waals surface area contributed by atoms with Crippen LogP contribution in [0.4, 0.5) is 0 Å². The highest BCUT2D eigenvalue weighted by molar-refractivity contribution is 4.50. The highest BCUT2D eigenvalue weighted by atomic mass is 15.3. The molecule has 0 spiro atoms. The maximum absolute atomic E-state index is 2.45. The monoisotopic (exact) mass is 483 g/mol. The first kappa shape index (κ1) is 33.9. The molecule has 2 heteroatoms. The summed E-state index contributed by atoms with van der Waals surface area (Å²) in [6.07, 6.45) is 31.6. The fourth-order valence-corrected chi connectivity index (χ4v) is 5.36. The fourth-order valence-electron chi connectivity index (χ4n) is 5.36. The lowest BCUT2D eigenvalue weighted by atomic mass is 10.1. The van der Waals surface area contributed by atoms with Gasteiger partial charge in [-0.2, -0.15) is 0 Å². The van der Waals surface area contributed by atoms with Crippen LogP contribution in [0, 0.1) is 0 Å². The van der Waals surface area contributed by atoms with E-state index in [9.17, 15) is 0 Å². The van der Waals surface area contributed by atoms with Crippen LogP contribution in [0.3, 0.4) is 0 Å². The van der Waals surface area contributed by atoms with Gasteiger partial charge in [-0.15, -0.1) is 0 Å². The van der Waals surface area contributed by atoms with Crippen molar-refractivity contribution in [2.24, 2.45) is 0 Å². The number of nitrogens with zero attached hydrogens (tertiary/aromatic N) is 2. The van der Waals surface area contributed by atoms with Crippen molar-refractivity contribution in [3.05, 3.63) is 0 Å². The predicted molar refractivity (Wildman–Crippen MR) is 157 cm³/mol. The van der Waals surface area contributed by atoms with E-state index in [1.54, 1.807) is 0 Å². The molecule has 0 aliphatic carbocycles. The van der Waals surface area contributed by atoms with Crippen molar-refractivity contribution < 1.29 is 8.97 Å². The van der Waals surface area contributed by atoms with Gasteiger partial charge in [0.25, 0.3) is 0 Å². The average molecular weight is 483 g/mol.